The molecule has 156 valence electrons. The topological polar surface area (TPSA) is 81.4 Å². The van der Waals surface area contributed by atoms with E-state index in [1.54, 1.807) is 15.7 Å². The molecule has 0 atom stereocenters. The third-order valence-corrected chi connectivity index (χ3v) is 5.98. The van der Waals surface area contributed by atoms with Gasteiger partial charge in [0.25, 0.3) is 5.56 Å². The van der Waals surface area contributed by atoms with E-state index < -0.39 is 5.41 Å². The van der Waals surface area contributed by atoms with Crippen molar-refractivity contribution in [3.05, 3.63) is 64.3 Å². The van der Waals surface area contributed by atoms with Crippen LogP contribution in [0.1, 0.15) is 45.0 Å². The molecule has 1 N–H and O–H groups in total. The maximum Gasteiger partial charge on any atom is 0.252 e. The van der Waals surface area contributed by atoms with Crippen molar-refractivity contribution in [3.8, 4) is 11.3 Å². The van der Waals surface area contributed by atoms with Gasteiger partial charge in [-0.05, 0) is 38.0 Å². The van der Waals surface area contributed by atoms with Crippen LogP contribution in [-0.4, -0.2) is 29.5 Å². The van der Waals surface area contributed by atoms with Crippen LogP contribution < -0.4 is 5.56 Å². The summed E-state index contributed by atoms with van der Waals surface area (Å²) in [7, 11) is 1.81. The zero-order valence-electron chi connectivity index (χ0n) is 17.6. The molecular weight excluding hydrogens is 383 g/mol. The molecule has 8 heteroatoms. The first-order chi connectivity index (χ1) is 14.4. The Morgan fingerprint density at radius 2 is 1.93 bits per heavy atom. The number of hydrogen-bond acceptors (Lipinski definition) is 4. The molecule has 0 aliphatic heterocycles. The SMILES string of the molecule is CCn1ncc2c(F)cc(-c3ccc(C(CC)(CC)c4ncn(C)n4)c(=O)[nH]3)cc21. The van der Waals surface area contributed by atoms with Crippen molar-refractivity contribution in [1.82, 2.24) is 29.5 Å². The van der Waals surface area contributed by atoms with Crippen LogP contribution in [0.4, 0.5) is 4.39 Å². The number of rotatable bonds is 6. The van der Waals surface area contributed by atoms with Gasteiger partial charge >= 0.3 is 0 Å². The van der Waals surface area contributed by atoms with Gasteiger partial charge in [-0.2, -0.15) is 10.2 Å². The Hall–Kier alpha value is -3.29. The average Bonchev–Trinajstić information content (AvgIpc) is 3.37. The van der Waals surface area contributed by atoms with Crippen molar-refractivity contribution in [2.24, 2.45) is 7.05 Å². The van der Waals surface area contributed by atoms with Crippen LogP contribution in [0.2, 0.25) is 0 Å². The molecule has 0 unspecified atom stereocenters. The van der Waals surface area contributed by atoms with E-state index in [9.17, 15) is 9.18 Å². The van der Waals surface area contributed by atoms with Gasteiger partial charge in [-0.25, -0.2) is 9.37 Å². The van der Waals surface area contributed by atoms with Gasteiger partial charge in [0, 0.05) is 30.4 Å². The molecule has 0 saturated carbocycles. The van der Waals surface area contributed by atoms with Gasteiger partial charge in [0.15, 0.2) is 5.82 Å². The van der Waals surface area contributed by atoms with E-state index in [2.05, 4.69) is 20.2 Å². The highest BCUT2D eigenvalue weighted by molar-refractivity contribution is 5.84. The highest BCUT2D eigenvalue weighted by Gasteiger charge is 2.37. The molecule has 7 nitrogen and oxygen atoms in total. The highest BCUT2D eigenvalue weighted by atomic mass is 19.1. The fraction of sp³-hybridized carbons (Fsp3) is 0.364. The minimum Gasteiger partial charge on any atom is -0.322 e. The first-order valence-corrected chi connectivity index (χ1v) is 10.2. The summed E-state index contributed by atoms with van der Waals surface area (Å²) in [6.07, 6.45) is 4.55. The Bertz CT molecular complexity index is 1260. The monoisotopic (exact) mass is 408 g/mol. The van der Waals surface area contributed by atoms with Crippen molar-refractivity contribution < 1.29 is 4.39 Å². The molecule has 30 heavy (non-hydrogen) atoms. The maximum absolute atomic E-state index is 14.6. The van der Waals surface area contributed by atoms with E-state index in [0.29, 0.717) is 52.9 Å². The largest absolute Gasteiger partial charge is 0.322 e. The van der Waals surface area contributed by atoms with Crippen LogP contribution in [0.15, 0.2) is 41.6 Å². The van der Waals surface area contributed by atoms with E-state index in [0.717, 1.165) is 0 Å². The number of aromatic amines is 1. The quantitative estimate of drug-likeness (QED) is 0.526. The smallest absolute Gasteiger partial charge is 0.252 e. The second-order valence-electron chi connectivity index (χ2n) is 7.50. The van der Waals surface area contributed by atoms with Crippen LogP contribution in [0.3, 0.4) is 0 Å². The lowest BCUT2D eigenvalue weighted by atomic mass is 9.75. The van der Waals surface area contributed by atoms with Gasteiger partial charge in [0.05, 0.1) is 22.5 Å². The van der Waals surface area contributed by atoms with E-state index in [1.807, 2.05) is 46.0 Å². The Labute approximate surface area is 173 Å². The van der Waals surface area contributed by atoms with Gasteiger partial charge < -0.3 is 4.98 Å². The number of benzene rings is 1. The Balaban J connectivity index is 1.84. The van der Waals surface area contributed by atoms with Crippen molar-refractivity contribution in [1.29, 1.82) is 0 Å². The van der Waals surface area contributed by atoms with Gasteiger partial charge in [0.2, 0.25) is 0 Å². The molecule has 0 bridgehead atoms. The number of H-pyrrole nitrogens is 1. The van der Waals surface area contributed by atoms with Crippen molar-refractivity contribution in [3.63, 3.8) is 0 Å². The van der Waals surface area contributed by atoms with Crippen LogP contribution in [0, 0.1) is 5.82 Å². The zero-order valence-corrected chi connectivity index (χ0v) is 17.6. The number of hydrogen-bond donors (Lipinski definition) is 1. The van der Waals surface area contributed by atoms with Crippen molar-refractivity contribution in [2.45, 2.75) is 45.6 Å². The van der Waals surface area contributed by atoms with Crippen LogP contribution in [0.25, 0.3) is 22.2 Å². The lowest BCUT2D eigenvalue weighted by Crippen LogP contribution is -2.34. The molecule has 0 radical (unpaired) electrons. The van der Waals surface area contributed by atoms with Crippen LogP contribution >= 0.6 is 0 Å². The molecule has 0 aliphatic carbocycles. The number of nitrogens with one attached hydrogen (secondary N) is 1. The highest BCUT2D eigenvalue weighted by Crippen LogP contribution is 2.35. The van der Waals surface area contributed by atoms with Crippen molar-refractivity contribution >= 4 is 10.9 Å². The second kappa shape index (κ2) is 7.51. The van der Waals surface area contributed by atoms with Gasteiger partial charge in [-0.3, -0.25) is 14.2 Å². The first kappa shape index (κ1) is 20.0. The summed E-state index contributed by atoms with van der Waals surface area (Å²) in [4.78, 5) is 20.5. The number of aromatic nitrogens is 6. The standard InChI is InChI=1S/C22H25FN6O/c1-5-22(6-2,21-24-13-28(4)27-21)16-8-9-18(26-20(16)30)14-10-17(23)15-12-25-29(7-3)19(15)11-14/h8-13H,5-7H2,1-4H3,(H,26,30). The molecule has 3 heterocycles. The molecule has 0 aliphatic rings. The number of pyridine rings is 1. The van der Waals surface area contributed by atoms with Crippen LogP contribution in [-0.2, 0) is 19.0 Å². The predicted octanol–water partition coefficient (Wildman–Crippen LogP) is 3.79. The first-order valence-electron chi connectivity index (χ1n) is 10.2. The molecular formula is C22H25FN6O. The number of nitrogens with zero attached hydrogens (tertiary/aromatic N) is 5. The van der Waals surface area contributed by atoms with Gasteiger partial charge in [-0.1, -0.05) is 19.9 Å². The Morgan fingerprint density at radius 3 is 2.53 bits per heavy atom. The molecule has 3 aromatic heterocycles. The minimum atomic E-state index is -0.580. The Kier molecular flexibility index (Phi) is 5.01. The number of fused-ring (bicyclic) bond motifs is 1. The van der Waals surface area contributed by atoms with Gasteiger partial charge in [0.1, 0.15) is 12.1 Å². The van der Waals surface area contributed by atoms with Gasteiger partial charge in [-0.15, -0.1) is 0 Å². The summed E-state index contributed by atoms with van der Waals surface area (Å²) in [5.41, 5.74) is 1.68. The normalized spacial score (nSPS) is 12.0. The summed E-state index contributed by atoms with van der Waals surface area (Å²) in [6, 6.07) is 6.93. The van der Waals surface area contributed by atoms with E-state index in [4.69, 9.17) is 0 Å². The molecule has 4 rings (SSSR count). The number of halogens is 1. The Morgan fingerprint density at radius 1 is 1.17 bits per heavy atom. The number of aryl methyl sites for hydroxylation is 2. The van der Waals surface area contributed by atoms with E-state index in [-0.39, 0.29) is 11.4 Å². The maximum atomic E-state index is 14.6. The fourth-order valence-electron chi connectivity index (χ4n) is 4.19. The summed E-state index contributed by atoms with van der Waals surface area (Å²) >= 11 is 0. The van der Waals surface area contributed by atoms with Crippen molar-refractivity contribution in [2.75, 3.05) is 0 Å². The van der Waals surface area contributed by atoms with E-state index >= 15 is 0 Å². The lowest BCUT2D eigenvalue weighted by molar-refractivity contribution is 0.442. The molecule has 1 aromatic carbocycles. The third-order valence-electron chi connectivity index (χ3n) is 5.98. The molecule has 0 amide bonds. The summed E-state index contributed by atoms with van der Waals surface area (Å²) in [5.74, 6) is 0.272. The molecule has 4 aromatic rings. The molecule has 0 spiro atoms. The average molecular weight is 408 g/mol. The van der Waals surface area contributed by atoms with E-state index in [1.165, 1.54) is 12.3 Å². The molecule has 0 fully saturated rings. The predicted molar refractivity (Wildman–Crippen MR) is 114 cm³/mol. The summed E-state index contributed by atoms with van der Waals surface area (Å²) in [5, 5.41) is 9.16. The zero-order chi connectivity index (χ0) is 21.5. The second-order valence-corrected chi connectivity index (χ2v) is 7.50. The molecule has 0 saturated heterocycles. The minimum absolute atomic E-state index is 0.215. The van der Waals surface area contributed by atoms with Crippen LogP contribution in [0.5, 0.6) is 0 Å². The fourth-order valence-corrected chi connectivity index (χ4v) is 4.19. The summed E-state index contributed by atoms with van der Waals surface area (Å²) < 4.78 is 18.0. The third kappa shape index (κ3) is 3.03. The summed E-state index contributed by atoms with van der Waals surface area (Å²) in [6.45, 7) is 6.65. The lowest BCUT2D eigenvalue weighted by Gasteiger charge is -2.28.